The third-order valence-corrected chi connectivity index (χ3v) is 9.24. The van der Waals surface area contributed by atoms with Gasteiger partial charge in [-0.2, -0.15) is 0 Å². The van der Waals surface area contributed by atoms with Crippen molar-refractivity contribution in [1.29, 1.82) is 0 Å². The number of anilines is 3. The topological polar surface area (TPSA) is 25.4 Å². The molecule has 7 aromatic carbocycles. The van der Waals surface area contributed by atoms with Crippen molar-refractivity contribution in [2.75, 3.05) is 4.90 Å². The molecule has 0 atom stereocenters. The highest BCUT2D eigenvalue weighted by molar-refractivity contribution is 6.17. The Balaban J connectivity index is 1.23. The molecule has 1 aromatic heterocycles. The fourth-order valence-electron chi connectivity index (χ4n) is 7.09. The normalized spacial score (nSPS) is 12.6. The van der Waals surface area contributed by atoms with Gasteiger partial charge in [0.05, 0.1) is 5.69 Å². The van der Waals surface area contributed by atoms with Crippen LogP contribution in [0.2, 0.25) is 0 Å². The quantitative estimate of drug-likeness (QED) is 0.191. The second-order valence-corrected chi connectivity index (χ2v) is 11.9. The predicted octanol–water partition coefficient (Wildman–Crippen LogP) is 11.6. The maximum Gasteiger partial charge on any atom is 0.143 e. The van der Waals surface area contributed by atoms with Crippen LogP contribution in [-0.2, 0) is 12.8 Å². The summed E-state index contributed by atoms with van der Waals surface area (Å²) in [7, 11) is 0. The van der Waals surface area contributed by atoms with E-state index in [2.05, 4.69) is 155 Å². The molecule has 0 saturated heterocycles. The van der Waals surface area contributed by atoms with Crippen molar-refractivity contribution in [2.24, 2.45) is 0 Å². The Kier molecular flexibility index (Phi) is 6.27. The highest BCUT2D eigenvalue weighted by Crippen LogP contribution is 2.47. The summed E-state index contributed by atoms with van der Waals surface area (Å²) < 4.78 is 6.99. The van der Waals surface area contributed by atoms with Crippen molar-refractivity contribution in [2.45, 2.75) is 12.8 Å². The van der Waals surface area contributed by atoms with Crippen LogP contribution in [0.25, 0.3) is 43.4 Å². The Hall–Kier alpha value is -5.93. The van der Waals surface area contributed by atoms with E-state index in [1.54, 1.807) is 0 Å². The van der Waals surface area contributed by atoms with Gasteiger partial charge in [-0.25, -0.2) is 0 Å². The number of hydrogen-bond acceptors (Lipinski definition) is 3. The van der Waals surface area contributed by atoms with Crippen molar-refractivity contribution < 1.29 is 4.74 Å². The molecule has 0 aliphatic carbocycles. The first kappa shape index (κ1) is 26.5. The molecule has 3 heteroatoms. The van der Waals surface area contributed by atoms with Gasteiger partial charge in [-0.05, 0) is 87.7 Å². The highest BCUT2D eigenvalue weighted by atomic mass is 16.5. The molecule has 0 unspecified atom stereocenters. The number of pyridine rings is 1. The molecule has 1 aliphatic rings. The van der Waals surface area contributed by atoms with Crippen molar-refractivity contribution >= 4 is 49.4 Å². The summed E-state index contributed by atoms with van der Waals surface area (Å²) in [6.07, 6.45) is 5.79. The van der Waals surface area contributed by atoms with Gasteiger partial charge in [-0.3, -0.25) is 4.98 Å². The van der Waals surface area contributed by atoms with E-state index in [1.807, 2.05) is 12.4 Å². The Morgan fingerprint density at radius 1 is 0.522 bits per heavy atom. The minimum absolute atomic E-state index is 0.806. The molecular formula is C43H30N2O. The third kappa shape index (κ3) is 4.40. The summed E-state index contributed by atoms with van der Waals surface area (Å²) in [6.45, 7) is 0. The first-order valence-corrected chi connectivity index (χ1v) is 15.8. The SMILES string of the molecule is c1ccc(N2c3ccccc3CCc3ccc(Oc4c5ccccc5c(-c5ccc6ccccc6c5)c5cnccc45)cc32)cc1. The molecule has 3 nitrogen and oxygen atoms in total. The number of rotatable bonds is 4. The van der Waals surface area contributed by atoms with Crippen molar-refractivity contribution in [3.05, 3.63) is 169 Å². The lowest BCUT2D eigenvalue weighted by molar-refractivity contribution is 0.493. The fourth-order valence-corrected chi connectivity index (χ4v) is 7.09. The van der Waals surface area contributed by atoms with E-state index in [4.69, 9.17) is 4.74 Å². The Morgan fingerprint density at radius 3 is 2.13 bits per heavy atom. The number of aromatic nitrogens is 1. The number of ether oxygens (including phenoxy) is 1. The monoisotopic (exact) mass is 590 g/mol. The Bertz CT molecular complexity index is 2360. The van der Waals surface area contributed by atoms with Gasteiger partial charge < -0.3 is 9.64 Å². The van der Waals surface area contributed by atoms with E-state index in [0.717, 1.165) is 57.3 Å². The van der Waals surface area contributed by atoms with Crippen LogP contribution in [-0.4, -0.2) is 4.98 Å². The number of nitrogens with zero attached hydrogens (tertiary/aromatic N) is 2. The molecule has 2 heterocycles. The number of para-hydroxylation sites is 2. The van der Waals surface area contributed by atoms with Gasteiger partial charge in [0.1, 0.15) is 11.5 Å². The first-order valence-electron chi connectivity index (χ1n) is 15.8. The van der Waals surface area contributed by atoms with E-state index >= 15 is 0 Å². The lowest BCUT2D eigenvalue weighted by Gasteiger charge is -2.27. The molecule has 0 N–H and O–H groups in total. The summed E-state index contributed by atoms with van der Waals surface area (Å²) >= 11 is 0. The van der Waals surface area contributed by atoms with Gasteiger partial charge in [-0.15, -0.1) is 0 Å². The molecular weight excluding hydrogens is 560 g/mol. The van der Waals surface area contributed by atoms with Crippen LogP contribution < -0.4 is 9.64 Å². The van der Waals surface area contributed by atoms with E-state index in [9.17, 15) is 0 Å². The minimum Gasteiger partial charge on any atom is -0.456 e. The van der Waals surface area contributed by atoms with Crippen LogP contribution in [0.5, 0.6) is 11.5 Å². The number of fused-ring (bicyclic) bond motifs is 5. The molecule has 0 amide bonds. The van der Waals surface area contributed by atoms with E-state index in [-0.39, 0.29) is 0 Å². The zero-order valence-electron chi connectivity index (χ0n) is 25.2. The van der Waals surface area contributed by atoms with Gasteiger partial charge in [0.2, 0.25) is 0 Å². The lowest BCUT2D eigenvalue weighted by atomic mass is 9.91. The second-order valence-electron chi connectivity index (χ2n) is 11.9. The second kappa shape index (κ2) is 10.9. The van der Waals surface area contributed by atoms with Gasteiger partial charge in [-0.1, -0.05) is 103 Å². The molecule has 0 spiro atoms. The average Bonchev–Trinajstić information content (AvgIpc) is 3.28. The number of hydrogen-bond donors (Lipinski definition) is 0. The zero-order chi connectivity index (χ0) is 30.5. The molecule has 0 fully saturated rings. The van der Waals surface area contributed by atoms with Crippen molar-refractivity contribution in [3.63, 3.8) is 0 Å². The molecule has 218 valence electrons. The largest absolute Gasteiger partial charge is 0.456 e. The molecule has 46 heavy (non-hydrogen) atoms. The minimum atomic E-state index is 0.806. The third-order valence-electron chi connectivity index (χ3n) is 9.24. The van der Waals surface area contributed by atoms with Crippen LogP contribution in [0.15, 0.2) is 158 Å². The van der Waals surface area contributed by atoms with Gasteiger partial charge in [0.15, 0.2) is 0 Å². The number of aryl methyl sites for hydroxylation is 2. The van der Waals surface area contributed by atoms with Gasteiger partial charge in [0, 0.05) is 46.0 Å². The fraction of sp³-hybridized carbons (Fsp3) is 0.0465. The summed E-state index contributed by atoms with van der Waals surface area (Å²) in [5, 5.41) is 6.77. The van der Waals surface area contributed by atoms with E-state index in [1.165, 1.54) is 38.7 Å². The molecule has 0 radical (unpaired) electrons. The van der Waals surface area contributed by atoms with Crippen LogP contribution >= 0.6 is 0 Å². The summed E-state index contributed by atoms with van der Waals surface area (Å²) in [6, 6.07) is 51.8. The first-order chi connectivity index (χ1) is 22.8. The molecule has 0 bridgehead atoms. The zero-order valence-corrected chi connectivity index (χ0v) is 25.2. The van der Waals surface area contributed by atoms with Gasteiger partial charge in [0.25, 0.3) is 0 Å². The summed E-state index contributed by atoms with van der Waals surface area (Å²) in [5.41, 5.74) is 8.49. The van der Waals surface area contributed by atoms with Crippen LogP contribution in [0.1, 0.15) is 11.1 Å². The van der Waals surface area contributed by atoms with Crippen molar-refractivity contribution in [1.82, 2.24) is 4.98 Å². The van der Waals surface area contributed by atoms with Crippen LogP contribution in [0.4, 0.5) is 17.1 Å². The van der Waals surface area contributed by atoms with Crippen LogP contribution in [0, 0.1) is 0 Å². The maximum atomic E-state index is 6.99. The Labute approximate surface area is 268 Å². The molecule has 9 rings (SSSR count). The highest BCUT2D eigenvalue weighted by Gasteiger charge is 2.23. The molecule has 1 aliphatic heterocycles. The van der Waals surface area contributed by atoms with E-state index < -0.39 is 0 Å². The molecule has 8 aromatic rings. The lowest BCUT2D eigenvalue weighted by Crippen LogP contribution is -2.11. The van der Waals surface area contributed by atoms with Crippen LogP contribution in [0.3, 0.4) is 0 Å². The predicted molar refractivity (Wildman–Crippen MR) is 191 cm³/mol. The summed E-state index contributed by atoms with van der Waals surface area (Å²) in [4.78, 5) is 6.97. The maximum absolute atomic E-state index is 6.99. The Morgan fingerprint density at radius 2 is 1.24 bits per heavy atom. The molecule has 0 saturated carbocycles. The summed E-state index contributed by atoms with van der Waals surface area (Å²) in [5.74, 6) is 1.65. The van der Waals surface area contributed by atoms with Gasteiger partial charge >= 0.3 is 0 Å². The van der Waals surface area contributed by atoms with Crippen molar-refractivity contribution in [3.8, 4) is 22.6 Å². The number of benzene rings is 7. The van der Waals surface area contributed by atoms with E-state index in [0.29, 0.717) is 0 Å². The smallest absolute Gasteiger partial charge is 0.143 e. The average molecular weight is 591 g/mol. The standard InChI is InChI=1S/C43H30N2O/c1-2-13-34(14-3-1)45-40-17-9-6-11-30(40)19-20-31-22-23-35(27-41(31)45)46-43-37-16-8-7-15-36(37)42(39-28-44-25-24-38(39)43)33-21-18-29-10-4-5-12-32(29)26-33/h1-18,21-28H,19-20H2.